The highest BCUT2D eigenvalue weighted by atomic mass is 79.9. The first kappa shape index (κ1) is 14.3. The molecule has 102 valence electrons. The molecule has 0 bridgehead atoms. The van der Waals surface area contributed by atoms with Gasteiger partial charge in [0.2, 0.25) is 0 Å². The van der Waals surface area contributed by atoms with Crippen LogP contribution in [0.3, 0.4) is 0 Å². The van der Waals surface area contributed by atoms with Gasteiger partial charge >= 0.3 is 0 Å². The van der Waals surface area contributed by atoms with Gasteiger partial charge in [0.05, 0.1) is 5.56 Å². The summed E-state index contributed by atoms with van der Waals surface area (Å²) in [5.41, 5.74) is 1.91. The normalized spacial score (nSPS) is 14.9. The van der Waals surface area contributed by atoms with Crippen molar-refractivity contribution in [3.8, 4) is 0 Å². The van der Waals surface area contributed by atoms with Gasteiger partial charge in [-0.15, -0.1) is 0 Å². The largest absolute Gasteiger partial charge is 0.352 e. The first-order chi connectivity index (χ1) is 9.16. The number of hydrogen-bond donors (Lipinski definition) is 1. The lowest BCUT2D eigenvalue weighted by Crippen LogP contribution is -2.25. The van der Waals surface area contributed by atoms with Crippen molar-refractivity contribution in [2.45, 2.75) is 32.1 Å². The Morgan fingerprint density at radius 3 is 2.89 bits per heavy atom. The summed E-state index contributed by atoms with van der Waals surface area (Å²) in [6, 6.07) is 4.09. The van der Waals surface area contributed by atoms with Crippen molar-refractivity contribution >= 4 is 21.8 Å². The van der Waals surface area contributed by atoms with Gasteiger partial charge in [-0.05, 0) is 66.2 Å². The highest BCUT2D eigenvalue weighted by Crippen LogP contribution is 2.20. The molecule has 4 heteroatoms. The first-order valence-corrected chi connectivity index (χ1v) is 7.37. The number of hydrogen-bond acceptors (Lipinski definition) is 1. The average molecular weight is 326 g/mol. The smallest absolute Gasteiger partial charge is 0.252 e. The van der Waals surface area contributed by atoms with E-state index in [4.69, 9.17) is 0 Å². The van der Waals surface area contributed by atoms with Crippen LogP contribution in [-0.4, -0.2) is 12.5 Å². The van der Waals surface area contributed by atoms with Crippen LogP contribution in [0.1, 0.15) is 42.5 Å². The number of rotatable bonds is 4. The minimum absolute atomic E-state index is 0.164. The minimum atomic E-state index is -0.351. The topological polar surface area (TPSA) is 29.1 Å². The Morgan fingerprint density at radius 2 is 2.21 bits per heavy atom. The Bertz CT molecular complexity index is 499. The Morgan fingerprint density at radius 1 is 1.37 bits per heavy atom. The summed E-state index contributed by atoms with van der Waals surface area (Å²) in [4.78, 5) is 11.9. The van der Waals surface area contributed by atoms with Crippen LogP contribution in [0.2, 0.25) is 0 Å². The lowest BCUT2D eigenvalue weighted by atomic mass is 9.97. The molecule has 1 aliphatic rings. The standard InChI is InChI=1S/C15H17BrFNO/c16-14-10-12(17)6-7-13(14)15(19)18-9-8-11-4-2-1-3-5-11/h4,6-7,10H,1-3,5,8-9H2,(H,18,19). The van der Waals surface area contributed by atoms with Crippen molar-refractivity contribution < 1.29 is 9.18 Å². The van der Waals surface area contributed by atoms with E-state index >= 15 is 0 Å². The third-order valence-corrected chi connectivity index (χ3v) is 3.95. The second-order valence-corrected chi connectivity index (χ2v) is 5.59. The third-order valence-electron chi connectivity index (χ3n) is 3.29. The number of carbonyl (C=O) groups excluding carboxylic acids is 1. The minimum Gasteiger partial charge on any atom is -0.352 e. The molecule has 0 spiro atoms. The van der Waals surface area contributed by atoms with Crippen LogP contribution in [0.4, 0.5) is 4.39 Å². The Hall–Kier alpha value is -1.16. The second kappa shape index (κ2) is 6.85. The quantitative estimate of drug-likeness (QED) is 0.825. The van der Waals surface area contributed by atoms with Gasteiger partial charge in [0, 0.05) is 11.0 Å². The molecule has 2 nitrogen and oxygen atoms in total. The predicted octanol–water partition coefficient (Wildman–Crippen LogP) is 4.21. The highest BCUT2D eigenvalue weighted by molar-refractivity contribution is 9.10. The molecule has 0 aliphatic heterocycles. The Balaban J connectivity index is 1.85. The molecule has 0 fully saturated rings. The van der Waals surface area contributed by atoms with Crippen molar-refractivity contribution in [1.82, 2.24) is 5.32 Å². The van der Waals surface area contributed by atoms with Gasteiger partial charge in [-0.2, -0.15) is 0 Å². The molecular formula is C15H17BrFNO. The van der Waals surface area contributed by atoms with Crippen molar-refractivity contribution in [1.29, 1.82) is 0 Å². The van der Waals surface area contributed by atoms with Crippen LogP contribution in [0.15, 0.2) is 34.3 Å². The maximum absolute atomic E-state index is 12.9. The van der Waals surface area contributed by atoms with E-state index in [2.05, 4.69) is 27.3 Å². The molecule has 0 heterocycles. The van der Waals surface area contributed by atoms with E-state index in [1.165, 1.54) is 36.6 Å². The highest BCUT2D eigenvalue weighted by Gasteiger charge is 2.10. The van der Waals surface area contributed by atoms with Gasteiger partial charge < -0.3 is 5.32 Å². The SMILES string of the molecule is O=C(NCCC1=CCCCC1)c1ccc(F)cc1Br. The number of benzene rings is 1. The van der Waals surface area contributed by atoms with Crippen molar-refractivity contribution in [3.05, 3.63) is 45.7 Å². The van der Waals surface area contributed by atoms with Crippen molar-refractivity contribution in [3.63, 3.8) is 0 Å². The zero-order chi connectivity index (χ0) is 13.7. The summed E-state index contributed by atoms with van der Waals surface area (Å²) in [5.74, 6) is -0.515. The summed E-state index contributed by atoms with van der Waals surface area (Å²) in [6.45, 7) is 0.633. The zero-order valence-electron chi connectivity index (χ0n) is 10.7. The molecule has 0 saturated carbocycles. The van der Waals surface area contributed by atoms with Crippen LogP contribution >= 0.6 is 15.9 Å². The summed E-state index contributed by atoms with van der Waals surface area (Å²) >= 11 is 3.20. The van der Waals surface area contributed by atoms with E-state index < -0.39 is 0 Å². The fraction of sp³-hybridized carbons (Fsp3) is 0.400. The molecule has 1 N–H and O–H groups in total. The van der Waals surface area contributed by atoms with Crippen molar-refractivity contribution in [2.24, 2.45) is 0 Å². The van der Waals surface area contributed by atoms with Crippen molar-refractivity contribution in [2.75, 3.05) is 6.54 Å². The van der Waals surface area contributed by atoms with Crippen LogP contribution in [0, 0.1) is 5.82 Å². The summed E-state index contributed by atoms with van der Waals surface area (Å²) in [7, 11) is 0. The maximum Gasteiger partial charge on any atom is 0.252 e. The molecule has 0 saturated heterocycles. The van der Waals surface area contributed by atoms with Gasteiger partial charge in [0.25, 0.3) is 5.91 Å². The van der Waals surface area contributed by atoms with E-state index in [1.54, 1.807) is 0 Å². The van der Waals surface area contributed by atoms with Crippen LogP contribution in [-0.2, 0) is 0 Å². The summed E-state index contributed by atoms with van der Waals surface area (Å²) < 4.78 is 13.4. The maximum atomic E-state index is 12.9. The molecular weight excluding hydrogens is 309 g/mol. The second-order valence-electron chi connectivity index (χ2n) is 4.74. The van der Waals surface area contributed by atoms with Crippen LogP contribution in [0.5, 0.6) is 0 Å². The lowest BCUT2D eigenvalue weighted by molar-refractivity contribution is 0.0953. The molecule has 1 amide bonds. The molecule has 19 heavy (non-hydrogen) atoms. The number of amides is 1. The fourth-order valence-electron chi connectivity index (χ4n) is 2.24. The van der Waals surface area contributed by atoms with Gasteiger partial charge in [-0.3, -0.25) is 4.79 Å². The molecule has 1 aliphatic carbocycles. The Kier molecular flexibility index (Phi) is 5.14. The van der Waals surface area contributed by atoms with Gasteiger partial charge in [0.15, 0.2) is 0 Å². The van der Waals surface area contributed by atoms with E-state index in [-0.39, 0.29) is 11.7 Å². The van der Waals surface area contributed by atoms with Crippen LogP contribution < -0.4 is 5.32 Å². The molecule has 2 rings (SSSR count). The van der Waals surface area contributed by atoms with E-state index in [9.17, 15) is 9.18 Å². The Labute approximate surface area is 121 Å². The van der Waals surface area contributed by atoms with Gasteiger partial charge in [0.1, 0.15) is 5.82 Å². The summed E-state index contributed by atoms with van der Waals surface area (Å²) in [5, 5.41) is 2.87. The number of nitrogens with one attached hydrogen (secondary N) is 1. The molecule has 0 radical (unpaired) electrons. The number of halogens is 2. The molecule has 0 aromatic heterocycles. The molecule has 0 unspecified atom stereocenters. The molecule has 1 aromatic carbocycles. The van der Waals surface area contributed by atoms with Gasteiger partial charge in [-0.25, -0.2) is 4.39 Å². The number of carbonyl (C=O) groups is 1. The molecule has 0 atom stereocenters. The first-order valence-electron chi connectivity index (χ1n) is 6.58. The van der Waals surface area contributed by atoms with E-state index in [0.717, 1.165) is 19.3 Å². The monoisotopic (exact) mass is 325 g/mol. The van der Waals surface area contributed by atoms with Crippen LogP contribution in [0.25, 0.3) is 0 Å². The van der Waals surface area contributed by atoms with Gasteiger partial charge in [-0.1, -0.05) is 11.6 Å². The average Bonchev–Trinajstić information content (AvgIpc) is 2.39. The summed E-state index contributed by atoms with van der Waals surface area (Å²) in [6.07, 6.45) is 8.03. The predicted molar refractivity (Wildman–Crippen MR) is 77.6 cm³/mol. The van der Waals surface area contributed by atoms with E-state index in [0.29, 0.717) is 16.6 Å². The molecule has 1 aromatic rings. The zero-order valence-corrected chi connectivity index (χ0v) is 12.3. The fourth-order valence-corrected chi connectivity index (χ4v) is 2.77. The lowest BCUT2D eigenvalue weighted by Gasteiger charge is -2.13. The van der Waals surface area contributed by atoms with E-state index in [1.807, 2.05) is 0 Å². The third kappa shape index (κ3) is 4.16. The number of allylic oxidation sites excluding steroid dienone is 1.